The fraction of sp³-hybridized carbons (Fsp3) is 1.00. The van der Waals surface area contributed by atoms with Crippen molar-refractivity contribution in [2.75, 3.05) is 5.75 Å². The van der Waals surface area contributed by atoms with Crippen LogP contribution in [0.2, 0.25) is 0 Å². The second-order valence-corrected chi connectivity index (χ2v) is 5.53. The largest absolute Gasteiger partial charge is 0.271 e. The molecule has 0 fully saturated rings. The van der Waals surface area contributed by atoms with Crippen LogP contribution in [-0.2, 0) is 0 Å². The minimum Gasteiger partial charge on any atom is -0.271 e. The van der Waals surface area contributed by atoms with E-state index in [1.165, 1.54) is 12.8 Å². The standard InChI is InChI=1S/C10H24N2S/c1-5-6-9(4)10(12-11)7-13-8(2)3/h8-10,12H,5-7,11H2,1-4H3. The maximum absolute atomic E-state index is 5.53. The zero-order chi connectivity index (χ0) is 10.3. The van der Waals surface area contributed by atoms with Crippen LogP contribution in [0.3, 0.4) is 0 Å². The van der Waals surface area contributed by atoms with Crippen molar-refractivity contribution in [3.8, 4) is 0 Å². The van der Waals surface area contributed by atoms with Crippen molar-refractivity contribution >= 4 is 11.8 Å². The van der Waals surface area contributed by atoms with E-state index in [0.717, 1.165) is 5.75 Å². The maximum Gasteiger partial charge on any atom is 0.0326 e. The van der Waals surface area contributed by atoms with Gasteiger partial charge in [0.2, 0.25) is 0 Å². The first kappa shape index (κ1) is 13.3. The summed E-state index contributed by atoms with van der Waals surface area (Å²) in [5.74, 6) is 7.33. The van der Waals surface area contributed by atoms with Gasteiger partial charge in [-0.25, -0.2) is 0 Å². The summed E-state index contributed by atoms with van der Waals surface area (Å²) in [6.07, 6.45) is 2.50. The Morgan fingerprint density at radius 1 is 1.31 bits per heavy atom. The molecule has 0 spiro atoms. The molecule has 0 aromatic rings. The van der Waals surface area contributed by atoms with E-state index in [-0.39, 0.29) is 0 Å². The van der Waals surface area contributed by atoms with E-state index in [9.17, 15) is 0 Å². The van der Waals surface area contributed by atoms with Crippen molar-refractivity contribution in [3.05, 3.63) is 0 Å². The normalized spacial score (nSPS) is 16.2. The van der Waals surface area contributed by atoms with Crippen LogP contribution in [0.1, 0.15) is 40.5 Å². The summed E-state index contributed by atoms with van der Waals surface area (Å²) in [6.45, 7) is 8.94. The molecule has 0 saturated carbocycles. The SMILES string of the molecule is CCCC(C)C(CSC(C)C)NN. The lowest BCUT2D eigenvalue weighted by atomic mass is 9.99. The molecule has 0 rings (SSSR count). The predicted molar refractivity (Wildman–Crippen MR) is 62.8 cm³/mol. The number of hydrazine groups is 1. The van der Waals surface area contributed by atoms with Crippen LogP contribution in [-0.4, -0.2) is 17.0 Å². The van der Waals surface area contributed by atoms with Crippen LogP contribution in [0.5, 0.6) is 0 Å². The molecule has 2 atom stereocenters. The predicted octanol–water partition coefficient (Wildman–Crippen LogP) is 2.40. The van der Waals surface area contributed by atoms with Gasteiger partial charge in [0.05, 0.1) is 0 Å². The van der Waals surface area contributed by atoms with E-state index < -0.39 is 0 Å². The van der Waals surface area contributed by atoms with Gasteiger partial charge in [0.1, 0.15) is 0 Å². The molecule has 0 saturated heterocycles. The highest BCUT2D eigenvalue weighted by Crippen LogP contribution is 2.17. The average molecular weight is 204 g/mol. The van der Waals surface area contributed by atoms with E-state index >= 15 is 0 Å². The Bertz CT molecular complexity index is 117. The molecule has 2 unspecified atom stereocenters. The first-order chi connectivity index (χ1) is 6.11. The monoisotopic (exact) mass is 204 g/mol. The lowest BCUT2D eigenvalue weighted by Crippen LogP contribution is -2.42. The van der Waals surface area contributed by atoms with Gasteiger partial charge in [0.25, 0.3) is 0 Å². The molecule has 0 radical (unpaired) electrons. The van der Waals surface area contributed by atoms with Gasteiger partial charge in [-0.3, -0.25) is 11.3 Å². The summed E-state index contributed by atoms with van der Waals surface area (Å²) < 4.78 is 0. The van der Waals surface area contributed by atoms with Crippen LogP contribution >= 0.6 is 11.8 Å². The number of hydrogen-bond donors (Lipinski definition) is 2. The molecule has 0 aromatic carbocycles. The lowest BCUT2D eigenvalue weighted by Gasteiger charge is -2.23. The molecule has 0 aliphatic carbocycles. The second kappa shape index (κ2) is 7.65. The molecule has 3 N–H and O–H groups in total. The number of thioether (sulfide) groups is 1. The van der Waals surface area contributed by atoms with E-state index in [4.69, 9.17) is 5.84 Å². The molecule has 0 amide bonds. The number of nitrogens with one attached hydrogen (secondary N) is 1. The smallest absolute Gasteiger partial charge is 0.0326 e. The molecular weight excluding hydrogens is 180 g/mol. The highest BCUT2D eigenvalue weighted by atomic mass is 32.2. The first-order valence-electron chi connectivity index (χ1n) is 5.19. The Kier molecular flexibility index (Phi) is 7.81. The molecule has 13 heavy (non-hydrogen) atoms. The summed E-state index contributed by atoms with van der Waals surface area (Å²) in [5, 5.41) is 0.699. The maximum atomic E-state index is 5.53. The summed E-state index contributed by atoms with van der Waals surface area (Å²) >= 11 is 1.98. The van der Waals surface area contributed by atoms with Crippen LogP contribution in [0.4, 0.5) is 0 Å². The fourth-order valence-corrected chi connectivity index (χ4v) is 2.35. The Morgan fingerprint density at radius 3 is 2.31 bits per heavy atom. The van der Waals surface area contributed by atoms with Crippen molar-refractivity contribution in [3.63, 3.8) is 0 Å². The van der Waals surface area contributed by atoms with Gasteiger partial charge in [0.15, 0.2) is 0 Å². The van der Waals surface area contributed by atoms with Crippen LogP contribution < -0.4 is 11.3 Å². The van der Waals surface area contributed by atoms with Crippen LogP contribution in [0.15, 0.2) is 0 Å². The van der Waals surface area contributed by atoms with Gasteiger partial charge in [0, 0.05) is 11.8 Å². The first-order valence-corrected chi connectivity index (χ1v) is 6.24. The molecule has 0 aromatic heterocycles. The van der Waals surface area contributed by atoms with E-state index in [1.807, 2.05) is 11.8 Å². The third kappa shape index (κ3) is 6.36. The van der Waals surface area contributed by atoms with Crippen molar-refractivity contribution in [1.82, 2.24) is 5.43 Å². The summed E-state index contributed by atoms with van der Waals surface area (Å²) in [6, 6.07) is 0.465. The zero-order valence-electron chi connectivity index (χ0n) is 9.34. The van der Waals surface area contributed by atoms with Crippen molar-refractivity contribution < 1.29 is 0 Å². The molecule has 0 aliphatic heterocycles. The number of hydrogen-bond acceptors (Lipinski definition) is 3. The Hall–Kier alpha value is 0.270. The summed E-state index contributed by atoms with van der Waals surface area (Å²) in [5.41, 5.74) is 2.92. The third-order valence-corrected chi connectivity index (χ3v) is 3.47. The topological polar surface area (TPSA) is 38.0 Å². The Labute approximate surface area is 87.0 Å². The lowest BCUT2D eigenvalue weighted by molar-refractivity contribution is 0.387. The highest BCUT2D eigenvalue weighted by molar-refractivity contribution is 7.99. The van der Waals surface area contributed by atoms with Crippen molar-refractivity contribution in [2.24, 2.45) is 11.8 Å². The molecule has 3 heteroatoms. The molecule has 0 aliphatic rings. The van der Waals surface area contributed by atoms with Gasteiger partial charge in [-0.15, -0.1) is 0 Å². The highest BCUT2D eigenvalue weighted by Gasteiger charge is 2.15. The van der Waals surface area contributed by atoms with Gasteiger partial charge in [-0.1, -0.05) is 34.1 Å². The molecule has 0 bridgehead atoms. The van der Waals surface area contributed by atoms with E-state index in [2.05, 4.69) is 33.1 Å². The minimum absolute atomic E-state index is 0.465. The van der Waals surface area contributed by atoms with Crippen molar-refractivity contribution in [2.45, 2.75) is 51.8 Å². The number of nitrogens with two attached hydrogens (primary N) is 1. The van der Waals surface area contributed by atoms with Crippen LogP contribution in [0.25, 0.3) is 0 Å². The average Bonchev–Trinajstić information content (AvgIpc) is 2.05. The molecule has 0 heterocycles. The second-order valence-electron chi connectivity index (χ2n) is 3.92. The summed E-state index contributed by atoms with van der Waals surface area (Å²) in [4.78, 5) is 0. The van der Waals surface area contributed by atoms with Crippen molar-refractivity contribution in [1.29, 1.82) is 0 Å². The molecular formula is C10H24N2S. The van der Waals surface area contributed by atoms with E-state index in [0.29, 0.717) is 17.2 Å². The third-order valence-electron chi connectivity index (χ3n) is 2.25. The Balaban J connectivity index is 3.73. The van der Waals surface area contributed by atoms with E-state index in [1.54, 1.807) is 0 Å². The Morgan fingerprint density at radius 2 is 1.92 bits per heavy atom. The van der Waals surface area contributed by atoms with Gasteiger partial charge in [-0.2, -0.15) is 11.8 Å². The van der Waals surface area contributed by atoms with Gasteiger partial charge < -0.3 is 0 Å². The fourth-order valence-electron chi connectivity index (χ4n) is 1.33. The van der Waals surface area contributed by atoms with Gasteiger partial charge in [-0.05, 0) is 17.6 Å². The molecule has 80 valence electrons. The summed E-state index contributed by atoms with van der Waals surface area (Å²) in [7, 11) is 0. The molecule has 2 nitrogen and oxygen atoms in total. The number of rotatable bonds is 7. The minimum atomic E-state index is 0.465. The van der Waals surface area contributed by atoms with Gasteiger partial charge >= 0.3 is 0 Å². The zero-order valence-corrected chi connectivity index (χ0v) is 10.2. The van der Waals surface area contributed by atoms with Crippen LogP contribution in [0, 0.1) is 5.92 Å². The quantitative estimate of drug-likeness (QED) is 0.494.